The molecule has 1 aromatic rings. The largest absolute Gasteiger partial charge is 0.270 e. The van der Waals surface area contributed by atoms with Crippen LogP contribution in [0, 0.1) is 6.92 Å². The first-order chi connectivity index (χ1) is 5.61. The van der Waals surface area contributed by atoms with Crippen LogP contribution in [0.4, 0.5) is 8.78 Å². The Morgan fingerprint density at radius 1 is 1.42 bits per heavy atom. The second-order valence-corrected chi connectivity index (χ2v) is 2.80. The summed E-state index contributed by atoms with van der Waals surface area (Å²) in [5.74, 6) is 0. The van der Waals surface area contributed by atoms with Gasteiger partial charge in [0.1, 0.15) is 0 Å². The Balaban J connectivity index is 3.17. The topological polar surface area (TPSA) is 0 Å². The van der Waals surface area contributed by atoms with Crippen molar-refractivity contribution in [3.63, 3.8) is 0 Å². The Bertz CT molecular complexity index is 314. The molecule has 0 fully saturated rings. The molecule has 0 saturated heterocycles. The first-order valence-corrected chi connectivity index (χ1v) is 3.77. The van der Waals surface area contributed by atoms with Gasteiger partial charge >= 0.3 is 0 Å². The molecule has 0 radical (unpaired) electrons. The molecule has 0 bridgehead atoms. The van der Waals surface area contributed by atoms with Crippen LogP contribution in [-0.2, 0) is 0 Å². The molecule has 0 N–H and O–H groups in total. The highest BCUT2D eigenvalue weighted by molar-refractivity contribution is 6.31. The highest BCUT2D eigenvalue weighted by atomic mass is 35.5. The minimum atomic E-state index is -1.71. The van der Waals surface area contributed by atoms with E-state index in [1.807, 2.05) is 0 Å². The van der Waals surface area contributed by atoms with Gasteiger partial charge in [0.25, 0.3) is 6.08 Å². The lowest BCUT2D eigenvalue weighted by atomic mass is 10.1. The monoisotopic (exact) mass is 188 g/mol. The fourth-order valence-electron chi connectivity index (χ4n) is 0.898. The number of benzene rings is 1. The summed E-state index contributed by atoms with van der Waals surface area (Å²) in [6.07, 6.45) is -0.901. The highest BCUT2D eigenvalue weighted by Gasteiger charge is 2.00. The molecule has 0 saturated carbocycles. The van der Waals surface area contributed by atoms with Gasteiger partial charge < -0.3 is 0 Å². The molecule has 0 aromatic heterocycles. The molecule has 0 unspecified atom stereocenters. The van der Waals surface area contributed by atoms with Crippen molar-refractivity contribution < 1.29 is 8.78 Å². The summed E-state index contributed by atoms with van der Waals surface area (Å²) < 4.78 is 23.7. The van der Waals surface area contributed by atoms with E-state index in [1.165, 1.54) is 0 Å². The van der Waals surface area contributed by atoms with Gasteiger partial charge in [0.2, 0.25) is 0 Å². The Kier molecular flexibility index (Phi) is 2.82. The van der Waals surface area contributed by atoms with Gasteiger partial charge in [-0.15, -0.1) is 0 Å². The van der Waals surface area contributed by atoms with Gasteiger partial charge in [0, 0.05) is 11.1 Å². The zero-order valence-corrected chi connectivity index (χ0v) is 7.20. The summed E-state index contributed by atoms with van der Waals surface area (Å²) >= 11 is 5.72. The molecule has 64 valence electrons. The van der Waals surface area contributed by atoms with Crippen LogP contribution in [0.3, 0.4) is 0 Å². The Labute approximate surface area is 74.5 Å². The standard InChI is InChI=1S/C9H7ClF2/c1-6-7(5-9(11)12)3-2-4-8(6)10/h2-5H,1H3. The first-order valence-electron chi connectivity index (χ1n) is 3.39. The second kappa shape index (κ2) is 3.68. The van der Waals surface area contributed by atoms with Gasteiger partial charge in [-0.05, 0) is 24.1 Å². The molecule has 3 heteroatoms. The van der Waals surface area contributed by atoms with Crippen molar-refractivity contribution in [1.29, 1.82) is 0 Å². The lowest BCUT2D eigenvalue weighted by molar-refractivity contribution is 0.429. The van der Waals surface area contributed by atoms with Gasteiger partial charge in [-0.25, -0.2) is 0 Å². The molecule has 1 aromatic carbocycles. The van der Waals surface area contributed by atoms with Crippen LogP contribution < -0.4 is 0 Å². The quantitative estimate of drug-likeness (QED) is 0.627. The average molecular weight is 189 g/mol. The normalized spacial score (nSPS) is 9.67. The molecule has 0 amide bonds. The van der Waals surface area contributed by atoms with Crippen LogP contribution in [0.25, 0.3) is 6.08 Å². The fourth-order valence-corrected chi connectivity index (χ4v) is 1.08. The van der Waals surface area contributed by atoms with E-state index in [0.29, 0.717) is 16.1 Å². The maximum atomic E-state index is 11.9. The van der Waals surface area contributed by atoms with Crippen molar-refractivity contribution in [3.8, 4) is 0 Å². The fraction of sp³-hybridized carbons (Fsp3) is 0.111. The van der Waals surface area contributed by atoms with Crippen molar-refractivity contribution in [2.75, 3.05) is 0 Å². The molecular weight excluding hydrogens is 182 g/mol. The van der Waals surface area contributed by atoms with Crippen molar-refractivity contribution in [1.82, 2.24) is 0 Å². The van der Waals surface area contributed by atoms with Crippen LogP contribution in [-0.4, -0.2) is 0 Å². The van der Waals surface area contributed by atoms with Crippen LogP contribution >= 0.6 is 11.6 Å². The van der Waals surface area contributed by atoms with Gasteiger partial charge in [0.05, 0.1) is 0 Å². The van der Waals surface area contributed by atoms with Crippen LogP contribution in [0.1, 0.15) is 11.1 Å². The predicted octanol–water partition coefficient (Wildman–Crippen LogP) is 3.89. The van der Waals surface area contributed by atoms with Gasteiger partial charge in [-0.1, -0.05) is 23.7 Å². The van der Waals surface area contributed by atoms with Crippen LogP contribution in [0.5, 0.6) is 0 Å². The van der Waals surface area contributed by atoms with E-state index >= 15 is 0 Å². The van der Waals surface area contributed by atoms with E-state index in [-0.39, 0.29) is 0 Å². The zero-order valence-electron chi connectivity index (χ0n) is 6.44. The highest BCUT2D eigenvalue weighted by Crippen LogP contribution is 2.21. The summed E-state index contributed by atoms with van der Waals surface area (Å²) in [7, 11) is 0. The molecule has 1 rings (SSSR count). The second-order valence-electron chi connectivity index (χ2n) is 2.39. The number of hydrogen-bond donors (Lipinski definition) is 0. The first kappa shape index (κ1) is 9.20. The lowest BCUT2D eigenvalue weighted by Gasteiger charge is -2.00. The molecule has 12 heavy (non-hydrogen) atoms. The van der Waals surface area contributed by atoms with Crippen molar-refractivity contribution in [2.24, 2.45) is 0 Å². The van der Waals surface area contributed by atoms with E-state index in [1.54, 1.807) is 25.1 Å². The van der Waals surface area contributed by atoms with Crippen LogP contribution in [0.2, 0.25) is 5.02 Å². The molecule has 0 aliphatic heterocycles. The van der Waals surface area contributed by atoms with Crippen molar-refractivity contribution in [3.05, 3.63) is 40.4 Å². The third-order valence-corrected chi connectivity index (χ3v) is 1.98. The Morgan fingerprint density at radius 2 is 2.08 bits per heavy atom. The Hall–Kier alpha value is -0.890. The summed E-state index contributed by atoms with van der Waals surface area (Å²) in [4.78, 5) is 0. The number of rotatable bonds is 1. The number of halogens is 3. The number of hydrogen-bond acceptors (Lipinski definition) is 0. The summed E-state index contributed by atoms with van der Waals surface area (Å²) in [6.45, 7) is 1.71. The third kappa shape index (κ3) is 2.05. The molecule has 0 aliphatic carbocycles. The Morgan fingerprint density at radius 3 is 2.67 bits per heavy atom. The molecule has 0 atom stereocenters. The van der Waals surface area contributed by atoms with Gasteiger partial charge in [0.15, 0.2) is 0 Å². The summed E-state index contributed by atoms with van der Waals surface area (Å²) in [6, 6.07) is 4.91. The van der Waals surface area contributed by atoms with Crippen LogP contribution in [0.15, 0.2) is 24.3 Å². The molecular formula is C9H7ClF2. The van der Waals surface area contributed by atoms with Gasteiger partial charge in [-0.3, -0.25) is 0 Å². The summed E-state index contributed by atoms with van der Waals surface area (Å²) in [5, 5.41) is 0.505. The van der Waals surface area contributed by atoms with E-state index in [4.69, 9.17) is 11.6 Å². The minimum Gasteiger partial charge on any atom is -0.173 e. The van der Waals surface area contributed by atoms with E-state index < -0.39 is 6.08 Å². The maximum absolute atomic E-state index is 11.9. The maximum Gasteiger partial charge on any atom is 0.270 e. The summed E-state index contributed by atoms with van der Waals surface area (Å²) in [5.41, 5.74) is 1.13. The van der Waals surface area contributed by atoms with Crippen molar-refractivity contribution >= 4 is 17.7 Å². The van der Waals surface area contributed by atoms with Crippen molar-refractivity contribution in [2.45, 2.75) is 6.92 Å². The van der Waals surface area contributed by atoms with E-state index in [2.05, 4.69) is 0 Å². The molecule has 0 spiro atoms. The minimum absolute atomic E-state index is 0.461. The SMILES string of the molecule is Cc1c(Cl)cccc1C=C(F)F. The molecule has 0 heterocycles. The van der Waals surface area contributed by atoms with E-state index in [0.717, 1.165) is 6.08 Å². The van der Waals surface area contributed by atoms with Gasteiger partial charge in [-0.2, -0.15) is 8.78 Å². The zero-order chi connectivity index (χ0) is 9.14. The average Bonchev–Trinajstić information content (AvgIpc) is 1.98. The molecule has 0 nitrogen and oxygen atoms in total. The smallest absolute Gasteiger partial charge is 0.173 e. The lowest BCUT2D eigenvalue weighted by Crippen LogP contribution is -1.81. The predicted molar refractivity (Wildman–Crippen MR) is 46.4 cm³/mol. The van der Waals surface area contributed by atoms with E-state index in [9.17, 15) is 8.78 Å². The third-order valence-electron chi connectivity index (χ3n) is 1.57. The molecule has 0 aliphatic rings.